The van der Waals surface area contributed by atoms with E-state index in [4.69, 9.17) is 4.74 Å². The number of ether oxygens (including phenoxy) is 1. The second-order valence-corrected chi connectivity index (χ2v) is 11.4. The Hall–Kier alpha value is -0.960. The fraction of sp³-hybridized carbons (Fsp3) is 0.800. The minimum absolute atomic E-state index is 0.522. The van der Waals surface area contributed by atoms with E-state index in [1.54, 1.807) is 6.07 Å². The summed E-state index contributed by atoms with van der Waals surface area (Å²) in [6.07, 6.45) is 20.0. The van der Waals surface area contributed by atoms with Crippen molar-refractivity contribution in [1.29, 1.82) is 0 Å². The maximum atomic E-state index is 14.5. The minimum Gasteiger partial charge on any atom is -0.375 e. The molecule has 1 heterocycles. The predicted octanol–water partition coefficient (Wildman–Crippen LogP) is 8.81. The van der Waals surface area contributed by atoms with Crippen molar-refractivity contribution in [2.24, 2.45) is 23.7 Å². The monoisotopic (exact) mass is 460 g/mol. The van der Waals surface area contributed by atoms with Crippen molar-refractivity contribution in [3.8, 4) is 0 Å². The van der Waals surface area contributed by atoms with E-state index < -0.39 is 11.6 Å². The number of halogens is 2. The van der Waals surface area contributed by atoms with Gasteiger partial charge in [0.15, 0.2) is 11.6 Å². The lowest BCUT2D eigenvalue weighted by molar-refractivity contribution is -0.0114. The average Bonchev–Trinajstić information content (AvgIpc) is 3.31. The molecule has 2 saturated carbocycles. The zero-order valence-corrected chi connectivity index (χ0v) is 21.1. The number of hydrogen-bond donors (Lipinski definition) is 0. The minimum atomic E-state index is -0.613. The molecule has 33 heavy (non-hydrogen) atoms. The van der Waals surface area contributed by atoms with Gasteiger partial charge < -0.3 is 4.74 Å². The van der Waals surface area contributed by atoms with Crippen LogP contribution in [-0.4, -0.2) is 12.2 Å². The molecule has 1 aliphatic heterocycles. The summed E-state index contributed by atoms with van der Waals surface area (Å²) in [6.45, 7) is 4.26. The molecule has 1 aromatic rings. The van der Waals surface area contributed by atoms with Crippen LogP contribution in [0.2, 0.25) is 0 Å². The summed E-state index contributed by atoms with van der Waals surface area (Å²) in [4.78, 5) is 0. The summed E-state index contributed by atoms with van der Waals surface area (Å²) >= 11 is 0. The Bertz CT molecular complexity index is 731. The molecular weight excluding hydrogens is 414 g/mol. The van der Waals surface area contributed by atoms with Crippen LogP contribution in [-0.2, 0) is 17.6 Å². The summed E-state index contributed by atoms with van der Waals surface area (Å²) in [5, 5.41) is 0. The second kappa shape index (κ2) is 12.1. The van der Waals surface area contributed by atoms with Crippen LogP contribution in [0.15, 0.2) is 12.1 Å². The lowest BCUT2D eigenvalue weighted by atomic mass is 9.68. The van der Waals surface area contributed by atoms with Gasteiger partial charge in [-0.25, -0.2) is 8.78 Å². The molecule has 0 radical (unpaired) electrons. The summed E-state index contributed by atoms with van der Waals surface area (Å²) in [7, 11) is 0. The SMILES string of the molecule is CCCc1ccc(CCC2CCC(C3CCC(C4CCC(CCC)O4)CC3)CC2)c(F)c1F. The molecule has 0 spiro atoms. The Balaban J connectivity index is 1.17. The Labute approximate surface area is 201 Å². The van der Waals surface area contributed by atoms with E-state index in [2.05, 4.69) is 6.92 Å². The van der Waals surface area contributed by atoms with E-state index in [0.29, 0.717) is 42.1 Å². The highest BCUT2D eigenvalue weighted by Gasteiger charge is 2.36. The third kappa shape index (κ3) is 6.38. The van der Waals surface area contributed by atoms with Crippen molar-refractivity contribution in [2.45, 2.75) is 129 Å². The number of benzene rings is 1. The van der Waals surface area contributed by atoms with Crippen LogP contribution >= 0.6 is 0 Å². The molecule has 1 aromatic carbocycles. The fourth-order valence-corrected chi connectivity index (χ4v) is 7.20. The molecule has 1 saturated heterocycles. The predicted molar refractivity (Wildman–Crippen MR) is 132 cm³/mol. The van der Waals surface area contributed by atoms with Crippen LogP contribution in [0.3, 0.4) is 0 Å². The van der Waals surface area contributed by atoms with Crippen LogP contribution in [0.4, 0.5) is 8.78 Å². The van der Waals surface area contributed by atoms with Gasteiger partial charge in [-0.15, -0.1) is 0 Å². The third-order valence-electron chi connectivity index (χ3n) is 9.23. The third-order valence-corrected chi connectivity index (χ3v) is 9.23. The molecular formula is C30H46F2O. The molecule has 3 fully saturated rings. The molecule has 3 heteroatoms. The van der Waals surface area contributed by atoms with E-state index >= 15 is 0 Å². The lowest BCUT2D eigenvalue weighted by Crippen LogP contribution is -2.30. The van der Waals surface area contributed by atoms with Gasteiger partial charge in [0.25, 0.3) is 0 Å². The van der Waals surface area contributed by atoms with Crippen molar-refractivity contribution < 1.29 is 13.5 Å². The molecule has 0 bridgehead atoms. The van der Waals surface area contributed by atoms with E-state index in [0.717, 1.165) is 30.6 Å². The van der Waals surface area contributed by atoms with Crippen molar-refractivity contribution in [1.82, 2.24) is 0 Å². The molecule has 186 valence electrons. The van der Waals surface area contributed by atoms with Gasteiger partial charge in [-0.3, -0.25) is 0 Å². The molecule has 2 unspecified atom stereocenters. The van der Waals surface area contributed by atoms with Crippen LogP contribution in [0.25, 0.3) is 0 Å². The van der Waals surface area contributed by atoms with Crippen LogP contribution < -0.4 is 0 Å². The summed E-state index contributed by atoms with van der Waals surface area (Å²) in [6, 6.07) is 3.62. The van der Waals surface area contributed by atoms with E-state index in [1.165, 1.54) is 77.0 Å². The Morgan fingerprint density at radius 2 is 1.24 bits per heavy atom. The van der Waals surface area contributed by atoms with Gasteiger partial charge in [-0.05, 0) is 112 Å². The van der Waals surface area contributed by atoms with E-state index in [1.807, 2.05) is 13.0 Å². The topological polar surface area (TPSA) is 9.23 Å². The first-order valence-corrected chi connectivity index (χ1v) is 14.2. The van der Waals surface area contributed by atoms with Crippen molar-refractivity contribution in [3.63, 3.8) is 0 Å². The van der Waals surface area contributed by atoms with E-state index in [-0.39, 0.29) is 0 Å². The lowest BCUT2D eigenvalue weighted by Gasteiger charge is -2.39. The first-order valence-electron chi connectivity index (χ1n) is 14.2. The smallest absolute Gasteiger partial charge is 0.162 e. The fourth-order valence-electron chi connectivity index (χ4n) is 7.20. The van der Waals surface area contributed by atoms with Crippen molar-refractivity contribution in [3.05, 3.63) is 34.9 Å². The highest BCUT2D eigenvalue weighted by atomic mass is 19.2. The van der Waals surface area contributed by atoms with Gasteiger partial charge in [0.2, 0.25) is 0 Å². The Morgan fingerprint density at radius 3 is 1.85 bits per heavy atom. The first kappa shape index (κ1) is 25.1. The summed E-state index contributed by atoms with van der Waals surface area (Å²) in [5.74, 6) is 2.07. The second-order valence-electron chi connectivity index (χ2n) is 11.4. The molecule has 1 nitrogen and oxygen atoms in total. The van der Waals surface area contributed by atoms with Crippen molar-refractivity contribution >= 4 is 0 Å². The van der Waals surface area contributed by atoms with Crippen molar-refractivity contribution in [2.75, 3.05) is 0 Å². The van der Waals surface area contributed by atoms with Gasteiger partial charge in [-0.2, -0.15) is 0 Å². The number of rotatable bonds is 9. The van der Waals surface area contributed by atoms with Crippen LogP contribution in [0.1, 0.15) is 115 Å². The average molecular weight is 461 g/mol. The standard InChI is InChI=1S/C30H46F2O/c1-3-5-25-17-18-26(30(32)29(25)31)12-9-21-7-10-22(11-8-21)23-13-15-24(16-14-23)28-20-19-27(33-28)6-4-2/h17-18,21-24,27-28H,3-16,19-20H2,1-2H3. The van der Waals surface area contributed by atoms with Gasteiger partial charge in [0.05, 0.1) is 12.2 Å². The van der Waals surface area contributed by atoms with Gasteiger partial charge in [-0.1, -0.05) is 51.7 Å². The number of aryl methyl sites for hydroxylation is 2. The Kier molecular flexibility index (Phi) is 9.25. The summed E-state index contributed by atoms with van der Waals surface area (Å²) < 4.78 is 35.1. The maximum absolute atomic E-state index is 14.5. The zero-order chi connectivity index (χ0) is 23.2. The normalized spacial score (nSPS) is 32.8. The number of hydrogen-bond acceptors (Lipinski definition) is 1. The quantitative estimate of drug-likeness (QED) is 0.358. The van der Waals surface area contributed by atoms with Gasteiger partial charge >= 0.3 is 0 Å². The summed E-state index contributed by atoms with van der Waals surface area (Å²) in [5.41, 5.74) is 1.09. The molecule has 0 N–H and O–H groups in total. The highest BCUT2D eigenvalue weighted by Crippen LogP contribution is 2.44. The van der Waals surface area contributed by atoms with Crippen LogP contribution in [0, 0.1) is 35.3 Å². The molecule has 0 aromatic heterocycles. The van der Waals surface area contributed by atoms with E-state index in [9.17, 15) is 8.78 Å². The van der Waals surface area contributed by atoms with Crippen LogP contribution in [0.5, 0.6) is 0 Å². The molecule has 0 amide bonds. The molecule has 3 aliphatic rings. The molecule has 2 atom stereocenters. The first-order chi connectivity index (χ1) is 16.1. The van der Waals surface area contributed by atoms with Gasteiger partial charge in [0, 0.05) is 0 Å². The Morgan fingerprint density at radius 1 is 0.667 bits per heavy atom. The zero-order valence-electron chi connectivity index (χ0n) is 21.1. The maximum Gasteiger partial charge on any atom is 0.162 e. The molecule has 4 rings (SSSR count). The molecule has 2 aliphatic carbocycles. The highest BCUT2D eigenvalue weighted by molar-refractivity contribution is 5.26. The largest absolute Gasteiger partial charge is 0.375 e. The van der Waals surface area contributed by atoms with Gasteiger partial charge in [0.1, 0.15) is 0 Å².